The highest BCUT2D eigenvalue weighted by molar-refractivity contribution is 5.70. The third-order valence-electron chi connectivity index (χ3n) is 2.67. The molecule has 0 saturated heterocycles. The van der Waals surface area contributed by atoms with Crippen LogP contribution in [-0.2, 0) is 9.53 Å². The van der Waals surface area contributed by atoms with Crippen molar-refractivity contribution in [2.45, 2.75) is 26.4 Å². The zero-order chi connectivity index (χ0) is 14.3. The van der Waals surface area contributed by atoms with Crippen LogP contribution in [0.4, 0.5) is 5.69 Å². The largest absolute Gasteiger partial charge is 0.497 e. The van der Waals surface area contributed by atoms with E-state index in [1.54, 1.807) is 14.0 Å². The smallest absolute Gasteiger partial charge is 0.308 e. The van der Waals surface area contributed by atoms with E-state index in [9.17, 15) is 9.90 Å². The normalized spacial score (nSPS) is 11.8. The van der Waals surface area contributed by atoms with Crippen molar-refractivity contribution in [2.24, 2.45) is 0 Å². The van der Waals surface area contributed by atoms with Gasteiger partial charge in [0.1, 0.15) is 5.75 Å². The van der Waals surface area contributed by atoms with Crippen molar-refractivity contribution in [1.82, 2.24) is 0 Å². The van der Waals surface area contributed by atoms with Crippen LogP contribution in [0.25, 0.3) is 0 Å². The van der Waals surface area contributed by atoms with E-state index in [-0.39, 0.29) is 12.4 Å². The van der Waals surface area contributed by atoms with Crippen LogP contribution < -0.4 is 10.1 Å². The standard InChI is InChI=1S/C14H21NO4/c1-4-19-14(17)8-11(16)9-15-13-6-5-12(18-3)7-10(13)2/h5-7,11,15-16H,4,8-9H2,1-3H3. The molecule has 0 heterocycles. The Hall–Kier alpha value is -1.75. The minimum Gasteiger partial charge on any atom is -0.497 e. The zero-order valence-electron chi connectivity index (χ0n) is 11.6. The second kappa shape index (κ2) is 7.63. The van der Waals surface area contributed by atoms with Crippen molar-refractivity contribution in [3.8, 4) is 5.75 Å². The van der Waals surface area contributed by atoms with Crippen molar-refractivity contribution in [2.75, 3.05) is 25.6 Å². The lowest BCUT2D eigenvalue weighted by atomic mass is 10.1. The first-order valence-corrected chi connectivity index (χ1v) is 6.29. The molecule has 2 N–H and O–H groups in total. The summed E-state index contributed by atoms with van der Waals surface area (Å²) in [5.41, 5.74) is 1.92. The number of hydrogen-bond acceptors (Lipinski definition) is 5. The number of carbonyl (C=O) groups excluding carboxylic acids is 1. The Bertz CT molecular complexity index is 420. The fourth-order valence-electron chi connectivity index (χ4n) is 1.67. The Labute approximate surface area is 113 Å². The summed E-state index contributed by atoms with van der Waals surface area (Å²) in [6.07, 6.45) is -0.767. The van der Waals surface area contributed by atoms with Gasteiger partial charge in [-0.25, -0.2) is 0 Å². The molecule has 5 heteroatoms. The molecule has 0 bridgehead atoms. The first-order chi connectivity index (χ1) is 9.06. The Morgan fingerprint density at radius 3 is 2.79 bits per heavy atom. The summed E-state index contributed by atoms with van der Waals surface area (Å²) < 4.78 is 9.89. The Balaban J connectivity index is 2.45. The lowest BCUT2D eigenvalue weighted by Gasteiger charge is -2.14. The number of aliphatic hydroxyl groups is 1. The van der Waals surface area contributed by atoms with Crippen molar-refractivity contribution in [3.05, 3.63) is 23.8 Å². The number of carbonyl (C=O) groups is 1. The zero-order valence-corrected chi connectivity index (χ0v) is 11.6. The third-order valence-corrected chi connectivity index (χ3v) is 2.67. The van der Waals surface area contributed by atoms with Gasteiger partial charge in [0.05, 0.1) is 26.2 Å². The van der Waals surface area contributed by atoms with Gasteiger partial charge in [-0.2, -0.15) is 0 Å². The van der Waals surface area contributed by atoms with E-state index in [1.807, 2.05) is 25.1 Å². The van der Waals surface area contributed by atoms with Gasteiger partial charge >= 0.3 is 5.97 Å². The average molecular weight is 267 g/mol. The Morgan fingerprint density at radius 1 is 1.47 bits per heavy atom. The summed E-state index contributed by atoms with van der Waals surface area (Å²) in [7, 11) is 1.62. The van der Waals surface area contributed by atoms with Crippen LogP contribution in [0.5, 0.6) is 5.75 Å². The molecule has 0 aliphatic heterocycles. The second-order valence-electron chi connectivity index (χ2n) is 4.22. The molecular weight excluding hydrogens is 246 g/mol. The molecule has 1 atom stereocenters. The van der Waals surface area contributed by atoms with Crippen molar-refractivity contribution < 1.29 is 19.4 Å². The summed E-state index contributed by atoms with van der Waals surface area (Å²) in [5.74, 6) is 0.401. The SMILES string of the molecule is CCOC(=O)CC(O)CNc1ccc(OC)cc1C. The van der Waals surface area contributed by atoms with Gasteiger partial charge in [-0.05, 0) is 37.6 Å². The van der Waals surface area contributed by atoms with Crippen LogP contribution in [0.1, 0.15) is 18.9 Å². The van der Waals surface area contributed by atoms with Crippen LogP contribution >= 0.6 is 0 Å². The second-order valence-corrected chi connectivity index (χ2v) is 4.22. The fraction of sp³-hybridized carbons (Fsp3) is 0.500. The van der Waals surface area contributed by atoms with Crippen LogP contribution in [0, 0.1) is 6.92 Å². The summed E-state index contributed by atoms with van der Waals surface area (Å²) >= 11 is 0. The maximum absolute atomic E-state index is 11.2. The summed E-state index contributed by atoms with van der Waals surface area (Å²) in [6, 6.07) is 5.62. The molecular formula is C14H21NO4. The molecule has 0 aliphatic carbocycles. The number of methoxy groups -OCH3 is 1. The molecule has 1 unspecified atom stereocenters. The summed E-state index contributed by atoms with van der Waals surface area (Å²) in [5, 5.41) is 12.8. The number of aryl methyl sites for hydroxylation is 1. The quantitative estimate of drug-likeness (QED) is 0.736. The minimum absolute atomic E-state index is 0.00393. The molecule has 106 valence electrons. The average Bonchev–Trinajstić information content (AvgIpc) is 2.37. The highest BCUT2D eigenvalue weighted by Crippen LogP contribution is 2.20. The summed E-state index contributed by atoms with van der Waals surface area (Å²) in [4.78, 5) is 11.2. The first kappa shape index (κ1) is 15.3. The van der Waals surface area contributed by atoms with Crippen LogP contribution in [0.2, 0.25) is 0 Å². The fourth-order valence-corrected chi connectivity index (χ4v) is 1.67. The van der Waals surface area contributed by atoms with E-state index in [0.717, 1.165) is 17.0 Å². The van der Waals surface area contributed by atoms with Gasteiger partial charge in [-0.3, -0.25) is 4.79 Å². The highest BCUT2D eigenvalue weighted by Gasteiger charge is 2.11. The predicted molar refractivity (Wildman–Crippen MR) is 73.5 cm³/mol. The molecule has 0 saturated carbocycles. The molecule has 0 aromatic heterocycles. The van der Waals surface area contributed by atoms with E-state index < -0.39 is 6.10 Å². The van der Waals surface area contributed by atoms with Crippen molar-refractivity contribution >= 4 is 11.7 Å². The molecule has 0 aliphatic rings. The van der Waals surface area contributed by atoms with Crippen LogP contribution in [0.3, 0.4) is 0 Å². The lowest BCUT2D eigenvalue weighted by Crippen LogP contribution is -2.24. The van der Waals surface area contributed by atoms with Gasteiger partial charge in [0.15, 0.2) is 0 Å². The predicted octanol–water partition coefficient (Wildman–Crippen LogP) is 1.73. The maximum Gasteiger partial charge on any atom is 0.308 e. The van der Waals surface area contributed by atoms with Gasteiger partial charge < -0.3 is 19.9 Å². The monoisotopic (exact) mass is 267 g/mol. The van der Waals surface area contributed by atoms with Gasteiger partial charge in [-0.15, -0.1) is 0 Å². The van der Waals surface area contributed by atoms with Gasteiger partial charge in [0.2, 0.25) is 0 Å². The number of ether oxygens (including phenoxy) is 2. The van der Waals surface area contributed by atoms with Crippen LogP contribution in [-0.4, -0.2) is 37.4 Å². The van der Waals surface area contributed by atoms with Crippen molar-refractivity contribution in [3.63, 3.8) is 0 Å². The van der Waals surface area contributed by atoms with Crippen molar-refractivity contribution in [1.29, 1.82) is 0 Å². The molecule has 0 radical (unpaired) electrons. The molecule has 1 aromatic rings. The molecule has 1 rings (SSSR count). The van der Waals surface area contributed by atoms with E-state index in [0.29, 0.717) is 13.2 Å². The number of nitrogens with one attached hydrogen (secondary N) is 1. The van der Waals surface area contributed by atoms with Gasteiger partial charge in [-0.1, -0.05) is 0 Å². The van der Waals surface area contributed by atoms with Gasteiger partial charge in [0.25, 0.3) is 0 Å². The molecule has 19 heavy (non-hydrogen) atoms. The molecule has 0 amide bonds. The van der Waals surface area contributed by atoms with E-state index >= 15 is 0 Å². The maximum atomic E-state index is 11.2. The lowest BCUT2D eigenvalue weighted by molar-refractivity contribution is -0.145. The number of aliphatic hydroxyl groups excluding tert-OH is 1. The van der Waals surface area contributed by atoms with Crippen LogP contribution in [0.15, 0.2) is 18.2 Å². The number of hydrogen-bond donors (Lipinski definition) is 2. The minimum atomic E-state index is -0.763. The first-order valence-electron chi connectivity index (χ1n) is 6.29. The van der Waals surface area contributed by atoms with E-state index in [1.165, 1.54) is 0 Å². The molecule has 0 fully saturated rings. The number of anilines is 1. The Kier molecular flexibility index (Phi) is 6.15. The third kappa shape index (κ3) is 5.18. The number of benzene rings is 1. The highest BCUT2D eigenvalue weighted by atomic mass is 16.5. The molecule has 0 spiro atoms. The Morgan fingerprint density at radius 2 is 2.21 bits per heavy atom. The topological polar surface area (TPSA) is 67.8 Å². The molecule has 5 nitrogen and oxygen atoms in total. The van der Waals surface area contributed by atoms with E-state index in [2.05, 4.69) is 5.32 Å². The van der Waals surface area contributed by atoms with Gasteiger partial charge in [0, 0.05) is 12.2 Å². The number of esters is 1. The molecule has 1 aromatic carbocycles. The van der Waals surface area contributed by atoms with E-state index in [4.69, 9.17) is 9.47 Å². The number of rotatable bonds is 7. The summed E-state index contributed by atoms with van der Waals surface area (Å²) in [6.45, 7) is 4.31.